The SMILES string of the molecule is COc1ccccc1[C@@H](C#N)NC(=O)c1ncccc1Br. The van der Waals surface area contributed by atoms with Gasteiger partial charge in [-0.3, -0.25) is 4.79 Å². The fraction of sp³-hybridized carbons (Fsp3) is 0.133. The maximum Gasteiger partial charge on any atom is 0.272 e. The molecule has 0 bridgehead atoms. The molecule has 0 saturated carbocycles. The second-order valence-corrected chi connectivity index (χ2v) is 4.97. The minimum Gasteiger partial charge on any atom is -0.496 e. The van der Waals surface area contributed by atoms with Crippen LogP contribution in [-0.2, 0) is 0 Å². The highest BCUT2D eigenvalue weighted by atomic mass is 79.9. The molecule has 0 spiro atoms. The Labute approximate surface area is 130 Å². The maximum atomic E-state index is 12.2. The van der Waals surface area contributed by atoms with Crippen molar-refractivity contribution in [3.63, 3.8) is 0 Å². The molecule has 0 saturated heterocycles. The number of nitrogens with zero attached hydrogens (tertiary/aromatic N) is 2. The van der Waals surface area contributed by atoms with E-state index >= 15 is 0 Å². The number of methoxy groups -OCH3 is 1. The van der Waals surface area contributed by atoms with E-state index in [4.69, 9.17) is 4.74 Å². The fourth-order valence-electron chi connectivity index (χ4n) is 1.84. The molecule has 1 N–H and O–H groups in total. The second-order valence-electron chi connectivity index (χ2n) is 4.11. The van der Waals surface area contributed by atoms with Crippen molar-refractivity contribution in [1.82, 2.24) is 10.3 Å². The summed E-state index contributed by atoms with van der Waals surface area (Å²) in [5.74, 6) is 0.115. The van der Waals surface area contributed by atoms with E-state index in [1.54, 1.807) is 36.4 Å². The number of hydrogen-bond acceptors (Lipinski definition) is 4. The van der Waals surface area contributed by atoms with E-state index in [1.807, 2.05) is 0 Å². The predicted octanol–water partition coefficient (Wildman–Crippen LogP) is 2.85. The smallest absolute Gasteiger partial charge is 0.272 e. The predicted molar refractivity (Wildman–Crippen MR) is 80.8 cm³/mol. The standard InChI is InChI=1S/C15H12BrN3O2/c1-21-13-7-3-2-5-10(13)12(9-17)19-15(20)14-11(16)6-4-8-18-14/h2-8,12H,1H3,(H,19,20)/t12-/m1/s1. The third-order valence-corrected chi connectivity index (χ3v) is 3.47. The molecular formula is C15H12BrN3O2. The fourth-order valence-corrected chi connectivity index (χ4v) is 2.27. The van der Waals surface area contributed by atoms with Gasteiger partial charge in [-0.1, -0.05) is 18.2 Å². The second kappa shape index (κ2) is 6.86. The molecule has 1 atom stereocenters. The van der Waals surface area contributed by atoms with Crippen molar-refractivity contribution in [1.29, 1.82) is 5.26 Å². The summed E-state index contributed by atoms with van der Waals surface area (Å²) in [6, 6.07) is 11.7. The van der Waals surface area contributed by atoms with Crippen LogP contribution in [0.3, 0.4) is 0 Å². The molecule has 1 aromatic carbocycles. The largest absolute Gasteiger partial charge is 0.496 e. The molecule has 0 radical (unpaired) electrons. The lowest BCUT2D eigenvalue weighted by Crippen LogP contribution is -2.28. The third kappa shape index (κ3) is 3.38. The van der Waals surface area contributed by atoms with E-state index in [1.165, 1.54) is 13.3 Å². The van der Waals surface area contributed by atoms with E-state index in [-0.39, 0.29) is 5.69 Å². The van der Waals surface area contributed by atoms with Crippen LogP contribution in [0.1, 0.15) is 22.1 Å². The van der Waals surface area contributed by atoms with E-state index < -0.39 is 11.9 Å². The quantitative estimate of drug-likeness (QED) is 0.924. The van der Waals surface area contributed by atoms with Gasteiger partial charge in [0.1, 0.15) is 17.5 Å². The summed E-state index contributed by atoms with van der Waals surface area (Å²) >= 11 is 3.26. The Balaban J connectivity index is 2.26. The molecule has 0 aliphatic heterocycles. The number of nitrogens with one attached hydrogen (secondary N) is 1. The molecule has 21 heavy (non-hydrogen) atoms. The molecule has 5 nitrogen and oxygen atoms in total. The van der Waals surface area contributed by atoms with Crippen LogP contribution < -0.4 is 10.1 Å². The van der Waals surface area contributed by atoms with Gasteiger partial charge in [0.2, 0.25) is 0 Å². The first kappa shape index (κ1) is 15.0. The summed E-state index contributed by atoms with van der Waals surface area (Å²) in [5.41, 5.74) is 0.829. The Kier molecular flexibility index (Phi) is 4.90. The molecule has 0 unspecified atom stereocenters. The van der Waals surface area contributed by atoms with Crippen LogP contribution in [0.4, 0.5) is 0 Å². The summed E-state index contributed by atoms with van der Waals surface area (Å²) in [7, 11) is 1.52. The molecule has 1 heterocycles. The minimum atomic E-state index is -0.817. The molecule has 0 fully saturated rings. The molecule has 1 aromatic heterocycles. The van der Waals surface area contributed by atoms with Gasteiger partial charge >= 0.3 is 0 Å². The van der Waals surface area contributed by atoms with E-state index in [9.17, 15) is 10.1 Å². The molecule has 2 aromatic rings. The average Bonchev–Trinajstić information content (AvgIpc) is 2.52. The third-order valence-electron chi connectivity index (χ3n) is 2.83. The highest BCUT2D eigenvalue weighted by molar-refractivity contribution is 9.10. The molecular weight excluding hydrogens is 334 g/mol. The molecule has 0 aliphatic rings. The summed E-state index contributed by atoms with van der Waals surface area (Å²) < 4.78 is 5.78. The number of halogens is 1. The van der Waals surface area contributed by atoms with Crippen LogP contribution >= 0.6 is 15.9 Å². The van der Waals surface area contributed by atoms with Gasteiger partial charge in [0.25, 0.3) is 5.91 Å². The number of pyridine rings is 1. The monoisotopic (exact) mass is 345 g/mol. The number of hydrogen-bond donors (Lipinski definition) is 1. The first-order chi connectivity index (χ1) is 10.2. The zero-order valence-corrected chi connectivity index (χ0v) is 12.8. The number of ether oxygens (including phenoxy) is 1. The first-order valence-electron chi connectivity index (χ1n) is 6.11. The highest BCUT2D eigenvalue weighted by Gasteiger charge is 2.20. The number of para-hydroxylation sites is 1. The number of aromatic nitrogens is 1. The van der Waals surface area contributed by atoms with Gasteiger partial charge in [0, 0.05) is 16.2 Å². The van der Waals surface area contributed by atoms with Crippen LogP contribution in [-0.4, -0.2) is 18.0 Å². The first-order valence-corrected chi connectivity index (χ1v) is 6.90. The lowest BCUT2D eigenvalue weighted by molar-refractivity contribution is 0.0939. The van der Waals surface area contributed by atoms with E-state index in [2.05, 4.69) is 32.3 Å². The van der Waals surface area contributed by atoms with Crippen molar-refractivity contribution in [2.75, 3.05) is 7.11 Å². The number of rotatable bonds is 4. The summed E-state index contributed by atoms with van der Waals surface area (Å²) in [6.07, 6.45) is 1.52. The van der Waals surface area contributed by atoms with Crippen LogP contribution in [0.2, 0.25) is 0 Å². The normalized spacial score (nSPS) is 11.3. The highest BCUT2D eigenvalue weighted by Crippen LogP contribution is 2.25. The molecule has 2 rings (SSSR count). The van der Waals surface area contributed by atoms with Gasteiger partial charge in [0.15, 0.2) is 0 Å². The lowest BCUT2D eigenvalue weighted by Gasteiger charge is -2.15. The van der Waals surface area contributed by atoms with Crippen molar-refractivity contribution in [3.8, 4) is 11.8 Å². The summed E-state index contributed by atoms with van der Waals surface area (Å²) in [6.45, 7) is 0. The topological polar surface area (TPSA) is 75.0 Å². The van der Waals surface area contributed by atoms with Crippen LogP contribution in [0.15, 0.2) is 47.1 Å². The lowest BCUT2D eigenvalue weighted by atomic mass is 10.1. The maximum absolute atomic E-state index is 12.2. The van der Waals surface area contributed by atoms with Crippen LogP contribution in [0, 0.1) is 11.3 Å². The average molecular weight is 346 g/mol. The van der Waals surface area contributed by atoms with Crippen molar-refractivity contribution in [3.05, 3.63) is 58.3 Å². The molecule has 0 aliphatic carbocycles. The van der Waals surface area contributed by atoms with Gasteiger partial charge in [-0.2, -0.15) is 5.26 Å². The number of carbonyl (C=O) groups excluding carboxylic acids is 1. The zero-order valence-electron chi connectivity index (χ0n) is 11.2. The van der Waals surface area contributed by atoms with Gasteiger partial charge in [-0.25, -0.2) is 4.98 Å². The number of nitriles is 1. The van der Waals surface area contributed by atoms with Crippen molar-refractivity contribution in [2.45, 2.75) is 6.04 Å². The van der Waals surface area contributed by atoms with E-state index in [0.717, 1.165) is 0 Å². The Hall–Kier alpha value is -2.39. The number of benzene rings is 1. The van der Waals surface area contributed by atoms with Crippen LogP contribution in [0.25, 0.3) is 0 Å². The Bertz CT molecular complexity index is 697. The molecule has 1 amide bonds. The number of amides is 1. The Morgan fingerprint density at radius 1 is 1.38 bits per heavy atom. The molecule has 6 heteroatoms. The summed E-state index contributed by atoms with van der Waals surface area (Å²) in [5, 5.41) is 12.0. The Morgan fingerprint density at radius 3 is 2.81 bits per heavy atom. The van der Waals surface area contributed by atoms with Crippen molar-refractivity contribution < 1.29 is 9.53 Å². The van der Waals surface area contributed by atoms with Gasteiger partial charge in [0.05, 0.1) is 13.2 Å². The number of carbonyl (C=O) groups is 1. The minimum absolute atomic E-state index is 0.229. The van der Waals surface area contributed by atoms with Gasteiger partial charge < -0.3 is 10.1 Å². The van der Waals surface area contributed by atoms with Gasteiger partial charge in [-0.05, 0) is 34.1 Å². The van der Waals surface area contributed by atoms with Gasteiger partial charge in [-0.15, -0.1) is 0 Å². The molecule has 106 valence electrons. The van der Waals surface area contributed by atoms with E-state index in [0.29, 0.717) is 15.8 Å². The Morgan fingerprint density at radius 2 is 2.14 bits per heavy atom. The van der Waals surface area contributed by atoms with Crippen molar-refractivity contribution in [2.24, 2.45) is 0 Å². The van der Waals surface area contributed by atoms with Crippen molar-refractivity contribution >= 4 is 21.8 Å². The summed E-state index contributed by atoms with van der Waals surface area (Å²) in [4.78, 5) is 16.2. The zero-order chi connectivity index (χ0) is 15.2. The van der Waals surface area contributed by atoms with Crippen LogP contribution in [0.5, 0.6) is 5.75 Å².